The number of thiazole rings is 1. The number of carbonyl (C=O) groups is 2. The highest BCUT2D eigenvalue weighted by atomic mass is 32.1. The minimum atomic E-state index is -0.372. The quantitative estimate of drug-likeness (QED) is 0.424. The van der Waals surface area contributed by atoms with E-state index in [9.17, 15) is 9.59 Å². The van der Waals surface area contributed by atoms with Crippen LogP contribution in [-0.2, 0) is 9.59 Å². The van der Waals surface area contributed by atoms with E-state index in [0.717, 1.165) is 27.9 Å². The monoisotopic (exact) mass is 420 g/mol. The first-order valence-corrected chi connectivity index (χ1v) is 10.3. The van der Waals surface area contributed by atoms with Gasteiger partial charge in [-0.1, -0.05) is 36.4 Å². The van der Waals surface area contributed by atoms with Gasteiger partial charge in [0.15, 0.2) is 11.7 Å². The number of aromatic amines is 1. The lowest BCUT2D eigenvalue weighted by atomic mass is 10.1. The lowest BCUT2D eigenvalue weighted by Crippen LogP contribution is -2.35. The maximum Gasteiger partial charge on any atom is 0.258 e. The van der Waals surface area contributed by atoms with E-state index >= 15 is 0 Å². The largest absolute Gasteiger partial charge is 0.484 e. The molecule has 0 saturated carbocycles. The summed E-state index contributed by atoms with van der Waals surface area (Å²) in [4.78, 5) is 31.9. The molecule has 4 rings (SSSR count). The van der Waals surface area contributed by atoms with Gasteiger partial charge in [0.25, 0.3) is 5.91 Å². The Morgan fingerprint density at radius 2 is 1.83 bits per heavy atom. The number of amides is 2. The van der Waals surface area contributed by atoms with Gasteiger partial charge in [-0.2, -0.15) is 0 Å². The molecular formula is C22H20N4O3S. The summed E-state index contributed by atoms with van der Waals surface area (Å²) in [5.74, 6) is -0.122. The van der Waals surface area contributed by atoms with Crippen LogP contribution in [0.3, 0.4) is 0 Å². The van der Waals surface area contributed by atoms with Gasteiger partial charge in [-0.25, -0.2) is 4.98 Å². The van der Waals surface area contributed by atoms with Crippen molar-refractivity contribution in [2.75, 3.05) is 18.5 Å². The number of carbonyl (C=O) groups excluding carboxylic acids is 2. The van der Waals surface area contributed by atoms with Crippen LogP contribution in [0.5, 0.6) is 5.75 Å². The van der Waals surface area contributed by atoms with Gasteiger partial charge in [0, 0.05) is 27.5 Å². The molecule has 30 heavy (non-hydrogen) atoms. The van der Waals surface area contributed by atoms with Gasteiger partial charge in [0.1, 0.15) is 5.75 Å². The summed E-state index contributed by atoms with van der Waals surface area (Å²) in [7, 11) is 0. The number of hydrogen-bond donors (Lipinski definition) is 3. The third-order valence-corrected chi connectivity index (χ3v) is 5.22. The Bertz CT molecular complexity index is 1180. The van der Waals surface area contributed by atoms with E-state index in [2.05, 4.69) is 20.6 Å². The van der Waals surface area contributed by atoms with Crippen LogP contribution in [-0.4, -0.2) is 34.9 Å². The van der Waals surface area contributed by atoms with Crippen LogP contribution in [0, 0.1) is 6.92 Å². The summed E-state index contributed by atoms with van der Waals surface area (Å²) in [5.41, 5.74) is 3.88. The second-order valence-corrected chi connectivity index (χ2v) is 7.49. The highest BCUT2D eigenvalue weighted by Gasteiger charge is 2.15. The van der Waals surface area contributed by atoms with Gasteiger partial charge in [-0.3, -0.25) is 9.59 Å². The highest BCUT2D eigenvalue weighted by Crippen LogP contribution is 2.33. The van der Waals surface area contributed by atoms with Gasteiger partial charge >= 0.3 is 0 Å². The van der Waals surface area contributed by atoms with E-state index in [1.807, 2.05) is 54.8 Å². The smallest absolute Gasteiger partial charge is 0.258 e. The molecule has 2 aromatic carbocycles. The highest BCUT2D eigenvalue weighted by molar-refractivity contribution is 7.14. The maximum atomic E-state index is 12.2. The fourth-order valence-electron chi connectivity index (χ4n) is 3.11. The molecule has 2 aromatic heterocycles. The molecule has 0 aliphatic rings. The number of hydrogen-bond acceptors (Lipinski definition) is 5. The molecule has 0 spiro atoms. The van der Waals surface area contributed by atoms with Crippen molar-refractivity contribution in [3.05, 3.63) is 65.7 Å². The molecule has 2 amide bonds. The van der Waals surface area contributed by atoms with Crippen molar-refractivity contribution >= 4 is 39.2 Å². The molecular weight excluding hydrogens is 400 g/mol. The zero-order valence-corrected chi connectivity index (χ0v) is 17.1. The summed E-state index contributed by atoms with van der Waals surface area (Å²) < 4.78 is 5.35. The second kappa shape index (κ2) is 8.79. The van der Waals surface area contributed by atoms with Gasteiger partial charge in [-0.05, 0) is 25.1 Å². The fraction of sp³-hybridized carbons (Fsp3) is 0.136. The summed E-state index contributed by atoms with van der Waals surface area (Å²) >= 11 is 1.34. The number of anilines is 1. The van der Waals surface area contributed by atoms with Gasteiger partial charge < -0.3 is 20.4 Å². The van der Waals surface area contributed by atoms with Crippen LogP contribution in [0.15, 0.2) is 60.0 Å². The summed E-state index contributed by atoms with van der Waals surface area (Å²) in [6.07, 6.45) is 0. The van der Waals surface area contributed by atoms with Crippen molar-refractivity contribution in [1.82, 2.24) is 15.3 Å². The van der Waals surface area contributed by atoms with E-state index in [4.69, 9.17) is 4.74 Å². The molecule has 0 bridgehead atoms. The van der Waals surface area contributed by atoms with Crippen LogP contribution in [0.4, 0.5) is 5.13 Å². The van der Waals surface area contributed by atoms with Gasteiger partial charge in [-0.15, -0.1) is 11.3 Å². The van der Waals surface area contributed by atoms with Crippen molar-refractivity contribution in [3.8, 4) is 17.0 Å². The summed E-state index contributed by atoms with van der Waals surface area (Å²) in [6, 6.07) is 17.0. The number of H-pyrrole nitrogens is 1. The van der Waals surface area contributed by atoms with E-state index in [-0.39, 0.29) is 25.0 Å². The zero-order chi connectivity index (χ0) is 20.9. The molecule has 4 aromatic rings. The van der Waals surface area contributed by atoms with Crippen molar-refractivity contribution in [1.29, 1.82) is 0 Å². The van der Waals surface area contributed by atoms with E-state index < -0.39 is 0 Å². The van der Waals surface area contributed by atoms with E-state index in [0.29, 0.717) is 10.9 Å². The topological polar surface area (TPSA) is 96.1 Å². The SMILES string of the molecule is Cc1[nH]c2ccccc2c1-c1csc(NC(=O)CNC(=O)COc2ccccc2)n1. The number of ether oxygens (including phenoxy) is 1. The first-order chi connectivity index (χ1) is 14.6. The Hall–Kier alpha value is -3.65. The molecule has 152 valence electrons. The average molecular weight is 420 g/mol. The van der Waals surface area contributed by atoms with Crippen LogP contribution in [0.25, 0.3) is 22.2 Å². The third-order valence-electron chi connectivity index (χ3n) is 4.46. The molecule has 0 atom stereocenters. The van der Waals surface area contributed by atoms with Crippen molar-refractivity contribution in [3.63, 3.8) is 0 Å². The Morgan fingerprint density at radius 1 is 1.07 bits per heavy atom. The van der Waals surface area contributed by atoms with Crippen LogP contribution < -0.4 is 15.4 Å². The van der Waals surface area contributed by atoms with Gasteiger partial charge in [0.2, 0.25) is 5.91 Å². The summed E-state index contributed by atoms with van der Waals surface area (Å²) in [5, 5.41) is 8.74. The molecule has 0 fully saturated rings. The maximum absolute atomic E-state index is 12.2. The number of nitrogens with one attached hydrogen (secondary N) is 3. The predicted molar refractivity (Wildman–Crippen MR) is 118 cm³/mol. The lowest BCUT2D eigenvalue weighted by Gasteiger charge is -2.07. The van der Waals surface area contributed by atoms with E-state index in [1.54, 1.807) is 12.1 Å². The molecule has 0 aliphatic carbocycles. The number of para-hydroxylation sites is 2. The molecule has 0 aliphatic heterocycles. The first-order valence-electron chi connectivity index (χ1n) is 9.38. The second-order valence-electron chi connectivity index (χ2n) is 6.64. The Kier molecular flexibility index (Phi) is 5.76. The van der Waals surface area contributed by atoms with Crippen LogP contribution in [0.1, 0.15) is 5.69 Å². The number of aromatic nitrogens is 2. The standard InChI is InChI=1S/C22H20N4O3S/c1-14-21(16-9-5-6-10-17(16)24-14)18-13-30-22(25-18)26-19(27)11-23-20(28)12-29-15-7-3-2-4-8-15/h2-10,13,24H,11-12H2,1H3,(H,23,28)(H,25,26,27). The molecule has 0 radical (unpaired) electrons. The van der Waals surface area contributed by atoms with Crippen LogP contribution >= 0.6 is 11.3 Å². The zero-order valence-electron chi connectivity index (χ0n) is 16.3. The van der Waals surface area contributed by atoms with Crippen molar-refractivity contribution in [2.45, 2.75) is 6.92 Å². The molecule has 0 saturated heterocycles. The summed E-state index contributed by atoms with van der Waals surface area (Å²) in [6.45, 7) is 1.69. The number of rotatable bonds is 7. The lowest BCUT2D eigenvalue weighted by molar-refractivity contribution is -0.125. The van der Waals surface area contributed by atoms with Crippen molar-refractivity contribution < 1.29 is 14.3 Å². The molecule has 0 unspecified atom stereocenters. The van der Waals surface area contributed by atoms with Gasteiger partial charge in [0.05, 0.1) is 12.2 Å². The average Bonchev–Trinajstić information content (AvgIpc) is 3.34. The Balaban J connectivity index is 1.32. The fourth-order valence-corrected chi connectivity index (χ4v) is 3.83. The first kappa shape index (κ1) is 19.7. The minimum Gasteiger partial charge on any atom is -0.484 e. The molecule has 3 N–H and O–H groups in total. The minimum absolute atomic E-state index is 0.154. The normalized spacial score (nSPS) is 10.7. The molecule has 7 nitrogen and oxygen atoms in total. The number of benzene rings is 2. The predicted octanol–water partition coefficient (Wildman–Crippen LogP) is 3.73. The number of fused-ring (bicyclic) bond motifs is 1. The van der Waals surface area contributed by atoms with Crippen LogP contribution in [0.2, 0.25) is 0 Å². The molecule has 8 heteroatoms. The number of nitrogens with zero attached hydrogens (tertiary/aromatic N) is 1. The Labute approximate surface area is 177 Å². The number of aryl methyl sites for hydroxylation is 1. The molecule has 2 heterocycles. The third kappa shape index (κ3) is 4.49. The van der Waals surface area contributed by atoms with E-state index in [1.165, 1.54) is 11.3 Å². The van der Waals surface area contributed by atoms with Crippen molar-refractivity contribution in [2.24, 2.45) is 0 Å². The Morgan fingerprint density at radius 3 is 2.67 bits per heavy atom.